The third-order valence-electron chi connectivity index (χ3n) is 4.19. The lowest BCUT2D eigenvalue weighted by Crippen LogP contribution is -2.39. The van der Waals surface area contributed by atoms with Crippen molar-refractivity contribution in [3.8, 4) is 0 Å². The Balaban J connectivity index is 2.30. The first-order chi connectivity index (χ1) is 9.52. The average Bonchev–Trinajstić information content (AvgIpc) is 2.46. The summed E-state index contributed by atoms with van der Waals surface area (Å²) in [5.74, 6) is 1.79. The Morgan fingerprint density at radius 1 is 1.40 bits per heavy atom. The van der Waals surface area contributed by atoms with Gasteiger partial charge in [-0.2, -0.15) is 0 Å². The van der Waals surface area contributed by atoms with Crippen molar-refractivity contribution >= 4 is 17.3 Å². The van der Waals surface area contributed by atoms with Crippen molar-refractivity contribution in [3.63, 3.8) is 0 Å². The van der Waals surface area contributed by atoms with E-state index in [-0.39, 0.29) is 10.6 Å². The van der Waals surface area contributed by atoms with Crippen molar-refractivity contribution in [1.29, 1.82) is 0 Å². The lowest BCUT2D eigenvalue weighted by molar-refractivity contribution is -0.384. The van der Waals surface area contributed by atoms with E-state index in [1.165, 1.54) is 25.3 Å². The minimum Gasteiger partial charge on any atom is -0.373 e. The Labute approximate surface area is 119 Å². The van der Waals surface area contributed by atoms with Gasteiger partial charge in [-0.15, -0.1) is 0 Å². The topological polar surface area (TPSA) is 71.3 Å². The van der Waals surface area contributed by atoms with Crippen LogP contribution in [0.5, 0.6) is 0 Å². The van der Waals surface area contributed by atoms with Crippen LogP contribution in [0.2, 0.25) is 0 Å². The number of nitrogens with zero attached hydrogens (tertiary/aromatic N) is 3. The molecule has 20 heavy (non-hydrogen) atoms. The summed E-state index contributed by atoms with van der Waals surface area (Å²) >= 11 is 0. The predicted molar refractivity (Wildman–Crippen MR) is 80.3 cm³/mol. The van der Waals surface area contributed by atoms with E-state index in [0.717, 1.165) is 6.42 Å². The second kappa shape index (κ2) is 6.07. The molecule has 1 aliphatic carbocycles. The molecule has 1 aromatic rings. The van der Waals surface area contributed by atoms with E-state index >= 15 is 0 Å². The zero-order valence-corrected chi connectivity index (χ0v) is 12.3. The molecule has 1 heterocycles. The number of nitro groups is 1. The molecule has 0 aliphatic heterocycles. The molecule has 0 spiro atoms. The quantitative estimate of drug-likeness (QED) is 0.677. The van der Waals surface area contributed by atoms with Gasteiger partial charge in [0, 0.05) is 20.1 Å². The SMILES string of the molecule is CNc1cc([N+](=O)[O-])cc(N(C)C2CCCCC2C)n1. The van der Waals surface area contributed by atoms with Gasteiger partial charge in [-0.25, -0.2) is 4.98 Å². The number of aromatic nitrogens is 1. The smallest absolute Gasteiger partial charge is 0.276 e. The van der Waals surface area contributed by atoms with Crippen molar-refractivity contribution in [2.75, 3.05) is 24.3 Å². The van der Waals surface area contributed by atoms with E-state index in [2.05, 4.69) is 22.1 Å². The second-order valence-corrected chi connectivity index (χ2v) is 5.52. The molecule has 6 heteroatoms. The van der Waals surface area contributed by atoms with Gasteiger partial charge < -0.3 is 10.2 Å². The molecule has 1 aliphatic rings. The molecule has 0 bridgehead atoms. The Kier molecular flexibility index (Phi) is 4.42. The van der Waals surface area contributed by atoms with Crippen LogP contribution in [0.25, 0.3) is 0 Å². The molecule has 1 saturated carbocycles. The minimum atomic E-state index is -0.371. The molecule has 0 saturated heterocycles. The molecule has 1 aromatic heterocycles. The van der Waals surface area contributed by atoms with Gasteiger partial charge in [0.15, 0.2) is 0 Å². The summed E-state index contributed by atoms with van der Waals surface area (Å²) in [5, 5.41) is 13.9. The summed E-state index contributed by atoms with van der Waals surface area (Å²) in [6.07, 6.45) is 4.82. The van der Waals surface area contributed by atoms with Gasteiger partial charge in [-0.05, 0) is 18.8 Å². The number of hydrogen-bond acceptors (Lipinski definition) is 5. The summed E-state index contributed by atoms with van der Waals surface area (Å²) in [4.78, 5) is 17.2. The maximum atomic E-state index is 11.0. The van der Waals surface area contributed by atoms with E-state index < -0.39 is 0 Å². The predicted octanol–water partition coefficient (Wildman–Crippen LogP) is 3.05. The van der Waals surface area contributed by atoms with Gasteiger partial charge in [-0.3, -0.25) is 10.1 Å². The zero-order chi connectivity index (χ0) is 14.7. The van der Waals surface area contributed by atoms with Crippen LogP contribution in [0.1, 0.15) is 32.6 Å². The van der Waals surface area contributed by atoms with Crippen molar-refractivity contribution < 1.29 is 4.92 Å². The van der Waals surface area contributed by atoms with Crippen LogP contribution in [0.4, 0.5) is 17.3 Å². The fourth-order valence-electron chi connectivity index (χ4n) is 2.96. The first-order valence-electron chi connectivity index (χ1n) is 7.10. The molecule has 2 unspecified atom stereocenters. The lowest BCUT2D eigenvalue weighted by atomic mass is 9.85. The molecular weight excluding hydrogens is 256 g/mol. The fraction of sp³-hybridized carbons (Fsp3) is 0.643. The fourth-order valence-corrected chi connectivity index (χ4v) is 2.96. The largest absolute Gasteiger partial charge is 0.373 e. The van der Waals surface area contributed by atoms with Crippen LogP contribution in [-0.2, 0) is 0 Å². The van der Waals surface area contributed by atoms with Gasteiger partial charge in [0.05, 0.1) is 17.1 Å². The molecule has 1 N–H and O–H groups in total. The number of hydrogen-bond donors (Lipinski definition) is 1. The molecule has 0 amide bonds. The number of rotatable bonds is 4. The van der Waals surface area contributed by atoms with Crippen molar-refractivity contribution in [1.82, 2.24) is 4.98 Å². The third kappa shape index (κ3) is 3.00. The van der Waals surface area contributed by atoms with Gasteiger partial charge in [0.25, 0.3) is 5.69 Å². The Bertz CT molecular complexity index is 492. The molecule has 1 fully saturated rings. The zero-order valence-electron chi connectivity index (χ0n) is 12.3. The second-order valence-electron chi connectivity index (χ2n) is 5.52. The molecule has 2 atom stereocenters. The molecule has 110 valence electrons. The summed E-state index contributed by atoms with van der Waals surface area (Å²) in [6.45, 7) is 2.25. The molecular formula is C14H22N4O2. The van der Waals surface area contributed by atoms with Crippen LogP contribution < -0.4 is 10.2 Å². The highest BCUT2D eigenvalue weighted by Gasteiger charge is 2.27. The first-order valence-corrected chi connectivity index (χ1v) is 7.10. The van der Waals surface area contributed by atoms with Crippen molar-refractivity contribution in [3.05, 3.63) is 22.2 Å². The minimum absolute atomic E-state index is 0.0784. The molecule has 6 nitrogen and oxygen atoms in total. The van der Waals surface area contributed by atoms with E-state index in [1.807, 2.05) is 7.05 Å². The van der Waals surface area contributed by atoms with Gasteiger partial charge >= 0.3 is 0 Å². The normalized spacial score (nSPS) is 22.4. The van der Waals surface area contributed by atoms with Crippen LogP contribution in [0.15, 0.2) is 12.1 Å². The van der Waals surface area contributed by atoms with Gasteiger partial charge in [0.1, 0.15) is 11.6 Å². The molecule has 0 radical (unpaired) electrons. The van der Waals surface area contributed by atoms with Crippen LogP contribution in [-0.4, -0.2) is 30.0 Å². The summed E-state index contributed by atoms with van der Waals surface area (Å²) in [7, 11) is 3.71. The summed E-state index contributed by atoms with van der Waals surface area (Å²) < 4.78 is 0. The standard InChI is InChI=1S/C14H22N4O2/c1-10-6-4-5-7-12(10)17(3)14-9-11(18(19)20)8-13(15-2)16-14/h8-10,12H,4-7H2,1-3H3,(H,15,16). The van der Waals surface area contributed by atoms with Crippen LogP contribution >= 0.6 is 0 Å². The Hall–Kier alpha value is -1.85. The summed E-state index contributed by atoms with van der Waals surface area (Å²) in [5.41, 5.74) is 0.0784. The lowest BCUT2D eigenvalue weighted by Gasteiger charge is -2.37. The third-order valence-corrected chi connectivity index (χ3v) is 4.19. The van der Waals surface area contributed by atoms with E-state index in [9.17, 15) is 10.1 Å². The monoisotopic (exact) mass is 278 g/mol. The van der Waals surface area contributed by atoms with Crippen LogP contribution in [0, 0.1) is 16.0 Å². The van der Waals surface area contributed by atoms with Crippen LogP contribution in [0.3, 0.4) is 0 Å². The highest BCUT2D eigenvalue weighted by Crippen LogP contribution is 2.31. The molecule has 0 aromatic carbocycles. The first kappa shape index (κ1) is 14.6. The number of pyridine rings is 1. The Morgan fingerprint density at radius 3 is 2.70 bits per heavy atom. The molecule has 2 rings (SSSR count). The Morgan fingerprint density at radius 2 is 2.10 bits per heavy atom. The van der Waals surface area contributed by atoms with Crippen molar-refractivity contribution in [2.45, 2.75) is 38.6 Å². The summed E-state index contributed by atoms with van der Waals surface area (Å²) in [6, 6.07) is 3.42. The van der Waals surface area contributed by atoms with Crippen molar-refractivity contribution in [2.24, 2.45) is 5.92 Å². The van der Waals surface area contributed by atoms with E-state index in [0.29, 0.717) is 23.6 Å². The number of anilines is 2. The highest BCUT2D eigenvalue weighted by atomic mass is 16.6. The highest BCUT2D eigenvalue weighted by molar-refractivity contribution is 5.55. The van der Waals surface area contributed by atoms with Gasteiger partial charge in [0.2, 0.25) is 0 Å². The van der Waals surface area contributed by atoms with E-state index in [4.69, 9.17) is 0 Å². The average molecular weight is 278 g/mol. The number of nitrogens with one attached hydrogen (secondary N) is 1. The maximum absolute atomic E-state index is 11.0. The van der Waals surface area contributed by atoms with Gasteiger partial charge in [-0.1, -0.05) is 19.8 Å². The van der Waals surface area contributed by atoms with E-state index in [1.54, 1.807) is 13.1 Å². The maximum Gasteiger partial charge on any atom is 0.276 e.